The molecule has 1 aliphatic carbocycles. The predicted octanol–water partition coefficient (Wildman–Crippen LogP) is 3.85. The number of hydrogen-bond donors (Lipinski definition) is 1. The van der Waals surface area contributed by atoms with Gasteiger partial charge in [0.1, 0.15) is 17.9 Å². The average Bonchev–Trinajstić information content (AvgIpc) is 3.04. The molecule has 1 aromatic heterocycles. The minimum absolute atomic E-state index is 0.0595. The highest BCUT2D eigenvalue weighted by molar-refractivity contribution is 6.01. The van der Waals surface area contributed by atoms with Crippen LogP contribution in [-0.2, 0) is 22.5 Å². The number of benzene rings is 1. The van der Waals surface area contributed by atoms with Gasteiger partial charge in [0.15, 0.2) is 5.78 Å². The van der Waals surface area contributed by atoms with E-state index in [1.54, 1.807) is 30.3 Å². The van der Waals surface area contributed by atoms with Crippen LogP contribution >= 0.6 is 0 Å². The fourth-order valence-corrected chi connectivity index (χ4v) is 2.91. The Bertz CT molecular complexity index is 871. The highest BCUT2D eigenvalue weighted by Gasteiger charge is 2.23. The number of ether oxygens (including phenoxy) is 2. The molecule has 0 fully saturated rings. The van der Waals surface area contributed by atoms with Crippen LogP contribution in [0.5, 0.6) is 0 Å². The molecule has 0 unspecified atom stereocenters. The molecule has 6 heteroatoms. The number of esters is 2. The van der Waals surface area contributed by atoms with Crippen LogP contribution in [0.4, 0.5) is 0 Å². The molecule has 3 rings (SSSR count). The number of carbonyl (C=O) groups is 3. The lowest BCUT2D eigenvalue weighted by molar-refractivity contribution is 0.00689. The SMILES string of the molecule is CC(C)(C)OC(=O)c1ccc(COC(=O)c2cc3c([nH]2)CCCC3=O)cc1. The molecule has 142 valence electrons. The molecule has 6 nitrogen and oxygen atoms in total. The fourth-order valence-electron chi connectivity index (χ4n) is 2.91. The van der Waals surface area contributed by atoms with Gasteiger partial charge in [-0.25, -0.2) is 9.59 Å². The van der Waals surface area contributed by atoms with Crippen LogP contribution in [0.15, 0.2) is 30.3 Å². The van der Waals surface area contributed by atoms with Gasteiger partial charge in [0.2, 0.25) is 0 Å². The Labute approximate surface area is 157 Å². The van der Waals surface area contributed by atoms with Crippen molar-refractivity contribution in [1.82, 2.24) is 4.98 Å². The smallest absolute Gasteiger partial charge is 0.355 e. The number of fused-ring (bicyclic) bond motifs is 1. The Morgan fingerprint density at radius 1 is 1.07 bits per heavy atom. The van der Waals surface area contributed by atoms with E-state index in [1.165, 1.54) is 0 Å². The Kier molecular flexibility index (Phi) is 5.17. The fraction of sp³-hybridized carbons (Fsp3) is 0.381. The molecule has 0 saturated heterocycles. The van der Waals surface area contributed by atoms with Gasteiger partial charge in [0.25, 0.3) is 0 Å². The average molecular weight is 369 g/mol. The Morgan fingerprint density at radius 3 is 2.41 bits per heavy atom. The zero-order valence-corrected chi connectivity index (χ0v) is 15.8. The van der Waals surface area contributed by atoms with Crippen LogP contribution in [-0.4, -0.2) is 28.3 Å². The zero-order chi connectivity index (χ0) is 19.6. The molecule has 0 spiro atoms. The predicted molar refractivity (Wildman–Crippen MR) is 98.8 cm³/mol. The van der Waals surface area contributed by atoms with Crippen LogP contribution < -0.4 is 0 Å². The maximum Gasteiger partial charge on any atom is 0.355 e. The molecule has 27 heavy (non-hydrogen) atoms. The third-order valence-electron chi connectivity index (χ3n) is 4.21. The second kappa shape index (κ2) is 7.39. The summed E-state index contributed by atoms with van der Waals surface area (Å²) in [5, 5.41) is 0. The molecule has 1 heterocycles. The molecular formula is C21H23NO5. The summed E-state index contributed by atoms with van der Waals surface area (Å²) in [4.78, 5) is 39.1. The van der Waals surface area contributed by atoms with E-state index in [1.807, 2.05) is 20.8 Å². The first-order chi connectivity index (χ1) is 12.7. The van der Waals surface area contributed by atoms with Gasteiger partial charge >= 0.3 is 11.9 Å². The zero-order valence-electron chi connectivity index (χ0n) is 15.8. The number of H-pyrrole nitrogens is 1. The van der Waals surface area contributed by atoms with Crippen LogP contribution in [0.1, 0.15) is 76.1 Å². The van der Waals surface area contributed by atoms with E-state index >= 15 is 0 Å². The molecule has 0 aliphatic heterocycles. The van der Waals surface area contributed by atoms with Gasteiger partial charge in [-0.15, -0.1) is 0 Å². The van der Waals surface area contributed by atoms with Gasteiger partial charge in [0.05, 0.1) is 5.56 Å². The maximum absolute atomic E-state index is 12.2. The van der Waals surface area contributed by atoms with Gasteiger partial charge in [-0.3, -0.25) is 4.79 Å². The third kappa shape index (κ3) is 4.64. The Hall–Kier alpha value is -2.89. The number of aromatic amines is 1. The number of aromatic nitrogens is 1. The summed E-state index contributed by atoms with van der Waals surface area (Å²) >= 11 is 0. The number of Topliss-reactive ketones (excluding diaryl/α,β-unsaturated/α-hetero) is 1. The van der Waals surface area contributed by atoms with Crippen LogP contribution in [0.2, 0.25) is 0 Å². The minimum Gasteiger partial charge on any atom is -0.456 e. The third-order valence-corrected chi connectivity index (χ3v) is 4.21. The molecule has 1 N–H and O–H groups in total. The number of aryl methyl sites for hydroxylation is 1. The van der Waals surface area contributed by atoms with Crippen LogP contribution in [0, 0.1) is 0 Å². The molecular weight excluding hydrogens is 346 g/mol. The Morgan fingerprint density at radius 2 is 1.78 bits per heavy atom. The van der Waals surface area contributed by atoms with E-state index in [0.29, 0.717) is 23.2 Å². The molecule has 1 aliphatic rings. The lowest BCUT2D eigenvalue weighted by Gasteiger charge is -2.19. The monoisotopic (exact) mass is 369 g/mol. The van der Waals surface area contributed by atoms with Gasteiger partial charge in [0, 0.05) is 17.7 Å². The number of rotatable bonds is 4. The number of hydrogen-bond acceptors (Lipinski definition) is 5. The lowest BCUT2D eigenvalue weighted by atomic mass is 9.97. The molecule has 0 radical (unpaired) electrons. The minimum atomic E-state index is -0.554. The van der Waals surface area contributed by atoms with Gasteiger partial charge in [-0.2, -0.15) is 0 Å². The summed E-state index contributed by atoms with van der Waals surface area (Å²) in [6.07, 6.45) is 2.08. The van der Waals surface area contributed by atoms with Crippen molar-refractivity contribution in [2.75, 3.05) is 0 Å². The summed E-state index contributed by atoms with van der Waals surface area (Å²) in [6, 6.07) is 8.29. The number of ketones is 1. The van der Waals surface area contributed by atoms with Crippen molar-refractivity contribution in [1.29, 1.82) is 0 Å². The van der Waals surface area contributed by atoms with E-state index in [0.717, 1.165) is 24.1 Å². The lowest BCUT2D eigenvalue weighted by Crippen LogP contribution is -2.23. The summed E-state index contributed by atoms with van der Waals surface area (Å²) in [5.41, 5.74) is 2.33. The normalized spacial score (nSPS) is 13.8. The molecule has 2 aromatic rings. The van der Waals surface area contributed by atoms with Gasteiger partial charge in [-0.1, -0.05) is 12.1 Å². The van der Waals surface area contributed by atoms with Crippen molar-refractivity contribution in [2.24, 2.45) is 0 Å². The van der Waals surface area contributed by atoms with Crippen molar-refractivity contribution in [3.63, 3.8) is 0 Å². The molecule has 0 saturated carbocycles. The summed E-state index contributed by atoms with van der Waals surface area (Å²) < 4.78 is 10.6. The van der Waals surface area contributed by atoms with Crippen molar-refractivity contribution < 1.29 is 23.9 Å². The first-order valence-electron chi connectivity index (χ1n) is 8.97. The first-order valence-corrected chi connectivity index (χ1v) is 8.97. The van der Waals surface area contributed by atoms with Gasteiger partial charge < -0.3 is 14.5 Å². The summed E-state index contributed by atoms with van der Waals surface area (Å²) in [7, 11) is 0. The van der Waals surface area contributed by atoms with Crippen LogP contribution in [0.25, 0.3) is 0 Å². The molecule has 0 amide bonds. The van der Waals surface area contributed by atoms with E-state index in [9.17, 15) is 14.4 Å². The molecule has 1 aromatic carbocycles. The molecule has 0 atom stereocenters. The van der Waals surface area contributed by atoms with E-state index in [4.69, 9.17) is 9.47 Å². The second-order valence-corrected chi connectivity index (χ2v) is 7.63. The quantitative estimate of drug-likeness (QED) is 0.828. The molecule has 0 bridgehead atoms. The van der Waals surface area contributed by atoms with Gasteiger partial charge in [-0.05, 0) is 57.4 Å². The van der Waals surface area contributed by atoms with Crippen molar-refractivity contribution >= 4 is 17.7 Å². The second-order valence-electron chi connectivity index (χ2n) is 7.63. The van der Waals surface area contributed by atoms with E-state index < -0.39 is 17.5 Å². The van der Waals surface area contributed by atoms with Crippen molar-refractivity contribution in [2.45, 2.75) is 52.2 Å². The highest BCUT2D eigenvalue weighted by atomic mass is 16.6. The number of nitrogens with one attached hydrogen (secondary N) is 1. The Balaban J connectivity index is 1.59. The number of carbonyl (C=O) groups excluding carboxylic acids is 3. The van der Waals surface area contributed by atoms with Crippen LogP contribution in [0.3, 0.4) is 0 Å². The summed E-state index contributed by atoms with van der Waals surface area (Å²) in [5.74, 6) is -0.842. The summed E-state index contributed by atoms with van der Waals surface area (Å²) in [6.45, 7) is 5.51. The standard InChI is InChI=1S/C21H23NO5/c1-21(2,3)27-19(24)14-9-7-13(8-10-14)12-26-20(25)17-11-15-16(22-17)5-4-6-18(15)23/h7-11,22H,4-6,12H2,1-3H3. The maximum atomic E-state index is 12.2. The topological polar surface area (TPSA) is 85.5 Å². The highest BCUT2D eigenvalue weighted by Crippen LogP contribution is 2.22. The van der Waals surface area contributed by atoms with Crippen molar-refractivity contribution in [3.8, 4) is 0 Å². The van der Waals surface area contributed by atoms with Crippen molar-refractivity contribution in [3.05, 3.63) is 58.4 Å². The van der Waals surface area contributed by atoms with E-state index in [2.05, 4.69) is 4.98 Å². The largest absolute Gasteiger partial charge is 0.456 e. The first kappa shape index (κ1) is 18.9. The van der Waals surface area contributed by atoms with E-state index in [-0.39, 0.29) is 12.4 Å².